The third-order valence-corrected chi connectivity index (χ3v) is 3.95. The Morgan fingerprint density at radius 2 is 1.62 bits per heavy atom. The molecule has 1 rings (SSSR count). The first-order chi connectivity index (χ1) is 10.9. The van der Waals surface area contributed by atoms with Crippen LogP contribution in [0.4, 0.5) is 0 Å². The fraction of sp³-hybridized carbons (Fsp3) is 0.867. The number of hydrogen-bond donors (Lipinski definition) is 7. The minimum Gasteiger partial charge on any atom is -0.394 e. The van der Waals surface area contributed by atoms with E-state index in [4.69, 9.17) is 5.11 Å². The molecule has 24 heavy (non-hydrogen) atoms. The SMILES string of the molecule is CC1(C)CC(=NNC(=O)C(O)C(O)C(O)C(O)CO)CC(C)(C)[NH2+]1. The minimum absolute atomic E-state index is 0.0785. The number of amides is 1. The summed E-state index contributed by atoms with van der Waals surface area (Å²) in [5.74, 6) is -0.996. The van der Waals surface area contributed by atoms with Crippen molar-refractivity contribution in [1.82, 2.24) is 5.43 Å². The van der Waals surface area contributed by atoms with Crippen molar-refractivity contribution in [2.45, 2.75) is 76.0 Å². The molecule has 4 unspecified atom stereocenters. The van der Waals surface area contributed by atoms with Crippen LogP contribution >= 0.6 is 0 Å². The molecule has 0 spiro atoms. The van der Waals surface area contributed by atoms with E-state index in [1.165, 1.54) is 0 Å². The molecule has 9 nitrogen and oxygen atoms in total. The van der Waals surface area contributed by atoms with Crippen LogP contribution in [0.3, 0.4) is 0 Å². The lowest BCUT2D eigenvalue weighted by Gasteiger charge is -2.39. The highest BCUT2D eigenvalue weighted by Gasteiger charge is 2.40. The molecule has 8 N–H and O–H groups in total. The number of rotatable bonds is 6. The van der Waals surface area contributed by atoms with E-state index in [0.29, 0.717) is 12.8 Å². The molecule has 9 heteroatoms. The van der Waals surface area contributed by atoms with Gasteiger partial charge in [0.25, 0.3) is 5.91 Å². The average Bonchev–Trinajstić information content (AvgIpc) is 2.46. The van der Waals surface area contributed by atoms with Crippen LogP contribution in [0.2, 0.25) is 0 Å². The first kappa shape index (κ1) is 20.9. The van der Waals surface area contributed by atoms with Crippen molar-refractivity contribution in [3.63, 3.8) is 0 Å². The number of nitrogens with one attached hydrogen (secondary N) is 1. The molecule has 1 fully saturated rings. The Bertz CT molecular complexity index is 462. The van der Waals surface area contributed by atoms with E-state index >= 15 is 0 Å². The van der Waals surface area contributed by atoms with E-state index in [0.717, 1.165) is 5.71 Å². The number of hydrazone groups is 1. The smallest absolute Gasteiger partial charge is 0.271 e. The van der Waals surface area contributed by atoms with E-state index in [1.807, 2.05) is 0 Å². The zero-order valence-corrected chi connectivity index (χ0v) is 14.6. The molecule has 0 saturated carbocycles. The summed E-state index contributed by atoms with van der Waals surface area (Å²) in [4.78, 5) is 11.9. The van der Waals surface area contributed by atoms with Crippen LogP contribution in [0, 0.1) is 0 Å². The molecule has 1 aliphatic rings. The highest BCUT2D eigenvalue weighted by atomic mass is 16.4. The second-order valence-electron chi connectivity index (χ2n) is 7.81. The molecule has 1 amide bonds. The Morgan fingerprint density at radius 1 is 1.12 bits per heavy atom. The normalized spacial score (nSPS) is 24.6. The van der Waals surface area contributed by atoms with Gasteiger partial charge in [-0.05, 0) is 27.7 Å². The molecule has 4 atom stereocenters. The van der Waals surface area contributed by atoms with Crippen LogP contribution in [-0.2, 0) is 4.79 Å². The van der Waals surface area contributed by atoms with Crippen molar-refractivity contribution in [3.8, 4) is 0 Å². The van der Waals surface area contributed by atoms with Gasteiger partial charge in [0.2, 0.25) is 0 Å². The second-order valence-corrected chi connectivity index (χ2v) is 7.81. The predicted molar refractivity (Wildman–Crippen MR) is 86.0 cm³/mol. The summed E-state index contributed by atoms with van der Waals surface area (Å²) in [6, 6.07) is 0. The van der Waals surface area contributed by atoms with Gasteiger partial charge < -0.3 is 30.8 Å². The van der Waals surface area contributed by atoms with E-state index in [-0.39, 0.29) is 11.1 Å². The Hall–Kier alpha value is -1.10. The maximum absolute atomic E-state index is 11.9. The number of carbonyl (C=O) groups is 1. The number of piperidine rings is 1. The summed E-state index contributed by atoms with van der Waals surface area (Å²) in [7, 11) is 0. The summed E-state index contributed by atoms with van der Waals surface area (Å²) in [5, 5.41) is 53.2. The number of nitrogens with two attached hydrogens (primary N) is 1. The predicted octanol–water partition coefficient (Wildman–Crippen LogP) is -3.19. The van der Waals surface area contributed by atoms with E-state index < -0.39 is 36.9 Å². The van der Waals surface area contributed by atoms with Gasteiger partial charge in [0.1, 0.15) is 18.3 Å². The lowest BCUT2D eigenvalue weighted by atomic mass is 9.81. The van der Waals surface area contributed by atoms with E-state index in [1.54, 1.807) is 0 Å². The van der Waals surface area contributed by atoms with Gasteiger partial charge in [-0.1, -0.05) is 0 Å². The Labute approximate surface area is 141 Å². The third-order valence-electron chi connectivity index (χ3n) is 3.95. The van der Waals surface area contributed by atoms with Crippen molar-refractivity contribution in [3.05, 3.63) is 0 Å². The number of aliphatic hydroxyl groups excluding tert-OH is 5. The molecular weight excluding hydrogens is 318 g/mol. The van der Waals surface area contributed by atoms with Crippen LogP contribution in [0.25, 0.3) is 0 Å². The fourth-order valence-electron chi connectivity index (χ4n) is 3.23. The minimum atomic E-state index is -1.98. The lowest BCUT2D eigenvalue weighted by Crippen LogP contribution is -3.05. The molecule has 140 valence electrons. The van der Waals surface area contributed by atoms with Crippen molar-refractivity contribution in [1.29, 1.82) is 0 Å². The van der Waals surface area contributed by atoms with Gasteiger partial charge in [0.15, 0.2) is 6.10 Å². The molecule has 1 saturated heterocycles. The number of nitrogens with zero attached hydrogens (tertiary/aromatic N) is 1. The monoisotopic (exact) mass is 348 g/mol. The number of carbonyl (C=O) groups excluding carboxylic acids is 1. The standard InChI is InChI=1S/C15H29N3O6/c1-14(2)5-8(6-15(3,4)18-14)16-17-13(24)12(23)11(22)10(21)9(20)7-19/h9-12,18-23H,5-7H2,1-4H3,(H,17,24)/p+1. The van der Waals surface area contributed by atoms with Crippen molar-refractivity contribution in [2.75, 3.05) is 6.61 Å². The molecule has 1 heterocycles. The lowest BCUT2D eigenvalue weighted by molar-refractivity contribution is -0.780. The van der Waals surface area contributed by atoms with Crippen molar-refractivity contribution >= 4 is 11.6 Å². The van der Waals surface area contributed by atoms with Crippen LogP contribution in [0.5, 0.6) is 0 Å². The Morgan fingerprint density at radius 3 is 2.08 bits per heavy atom. The molecule has 1 aliphatic heterocycles. The van der Waals surface area contributed by atoms with Crippen molar-refractivity contribution in [2.24, 2.45) is 5.10 Å². The topological polar surface area (TPSA) is 159 Å². The first-order valence-corrected chi connectivity index (χ1v) is 7.94. The van der Waals surface area contributed by atoms with E-state index in [2.05, 4.69) is 43.5 Å². The summed E-state index contributed by atoms with van der Waals surface area (Å²) in [5.41, 5.74) is 2.80. The zero-order chi connectivity index (χ0) is 18.7. The van der Waals surface area contributed by atoms with Gasteiger partial charge >= 0.3 is 0 Å². The van der Waals surface area contributed by atoms with Gasteiger partial charge in [-0.25, -0.2) is 5.43 Å². The fourth-order valence-corrected chi connectivity index (χ4v) is 3.23. The van der Waals surface area contributed by atoms with Gasteiger partial charge in [0.05, 0.1) is 23.4 Å². The molecule has 0 aromatic carbocycles. The second kappa shape index (κ2) is 7.85. The van der Waals surface area contributed by atoms with Crippen LogP contribution in [0.1, 0.15) is 40.5 Å². The molecule has 0 bridgehead atoms. The van der Waals surface area contributed by atoms with Crippen LogP contribution < -0.4 is 10.7 Å². The summed E-state index contributed by atoms with van der Waals surface area (Å²) in [6.07, 6.45) is -6.14. The van der Waals surface area contributed by atoms with Gasteiger partial charge in [-0.3, -0.25) is 4.79 Å². The molecule has 0 aromatic heterocycles. The molecule has 0 aromatic rings. The Kier molecular flexibility index (Phi) is 6.85. The maximum atomic E-state index is 11.9. The maximum Gasteiger partial charge on any atom is 0.271 e. The van der Waals surface area contributed by atoms with Crippen LogP contribution in [-0.4, -0.2) is 79.3 Å². The van der Waals surface area contributed by atoms with Crippen LogP contribution in [0.15, 0.2) is 5.10 Å². The number of aliphatic hydroxyl groups is 5. The van der Waals surface area contributed by atoms with Gasteiger partial charge in [0, 0.05) is 12.8 Å². The van der Waals surface area contributed by atoms with E-state index in [9.17, 15) is 25.2 Å². The highest BCUT2D eigenvalue weighted by Crippen LogP contribution is 2.19. The third kappa shape index (κ3) is 5.76. The summed E-state index contributed by atoms with van der Waals surface area (Å²) < 4.78 is 0. The number of hydrogen-bond acceptors (Lipinski definition) is 7. The molecule has 0 aliphatic carbocycles. The average molecular weight is 348 g/mol. The summed E-state index contributed by atoms with van der Waals surface area (Å²) in [6.45, 7) is 7.45. The summed E-state index contributed by atoms with van der Waals surface area (Å²) >= 11 is 0. The van der Waals surface area contributed by atoms with Gasteiger partial charge in [-0.15, -0.1) is 0 Å². The highest BCUT2D eigenvalue weighted by molar-refractivity contribution is 5.89. The Balaban J connectivity index is 2.70. The largest absolute Gasteiger partial charge is 0.394 e. The quantitative estimate of drug-likeness (QED) is 0.250. The van der Waals surface area contributed by atoms with Crippen molar-refractivity contribution < 1.29 is 35.6 Å². The first-order valence-electron chi connectivity index (χ1n) is 7.94. The number of quaternary nitrogens is 1. The van der Waals surface area contributed by atoms with Gasteiger partial charge in [-0.2, -0.15) is 5.10 Å². The molecular formula is C15H30N3O6+. The zero-order valence-electron chi connectivity index (χ0n) is 14.6. The molecule has 0 radical (unpaired) electrons.